The summed E-state index contributed by atoms with van der Waals surface area (Å²) in [7, 11) is 0. The lowest BCUT2D eigenvalue weighted by atomic mass is 10.1. The molecule has 1 unspecified atom stereocenters. The molecule has 0 spiro atoms. The summed E-state index contributed by atoms with van der Waals surface area (Å²) in [6, 6.07) is 0.511. The number of rotatable bonds is 3. The Balaban J connectivity index is 2.16. The molecule has 1 aliphatic rings. The molecule has 1 N–H and O–H groups in total. The Morgan fingerprint density at radius 1 is 1.35 bits per heavy atom. The first kappa shape index (κ1) is 12.2. The molecule has 1 atom stereocenters. The van der Waals surface area contributed by atoms with Crippen LogP contribution >= 0.6 is 0 Å². The van der Waals surface area contributed by atoms with Crippen LogP contribution in [0.5, 0.6) is 0 Å². The molecule has 3 nitrogen and oxygen atoms in total. The quantitative estimate of drug-likeness (QED) is 0.825. The summed E-state index contributed by atoms with van der Waals surface area (Å²) in [4.78, 5) is 4.88. The fourth-order valence-electron chi connectivity index (χ4n) is 2.10. The topological polar surface area (TPSA) is 36.4 Å². The van der Waals surface area contributed by atoms with Gasteiger partial charge in [-0.2, -0.15) is 9.37 Å². The fourth-order valence-corrected chi connectivity index (χ4v) is 2.10. The minimum Gasteiger partial charge on any atom is -0.396 e. The first-order valence-corrected chi connectivity index (χ1v) is 5.49. The molecular formula is C11H13F3N2O. The Labute approximate surface area is 96.9 Å². The molecule has 94 valence electrons. The average Bonchev–Trinajstić information content (AvgIpc) is 2.72. The molecule has 2 rings (SSSR count). The van der Waals surface area contributed by atoms with E-state index in [1.807, 2.05) is 0 Å². The van der Waals surface area contributed by atoms with Crippen LogP contribution in [0.1, 0.15) is 12.8 Å². The number of hydrogen-bond acceptors (Lipinski definition) is 3. The third-order valence-electron chi connectivity index (χ3n) is 2.99. The third kappa shape index (κ3) is 2.52. The molecule has 0 amide bonds. The van der Waals surface area contributed by atoms with Crippen molar-refractivity contribution in [2.75, 3.05) is 24.6 Å². The van der Waals surface area contributed by atoms with Gasteiger partial charge in [-0.3, -0.25) is 0 Å². The van der Waals surface area contributed by atoms with Gasteiger partial charge in [-0.1, -0.05) is 0 Å². The standard InChI is InChI=1S/C11H13F3N2O/c12-8-5-9(13)11(15-10(8)14)16-3-1-7(6-16)2-4-17/h5,7,17H,1-4,6H2. The molecule has 0 saturated carbocycles. The van der Waals surface area contributed by atoms with Crippen LogP contribution in [0, 0.1) is 23.5 Å². The van der Waals surface area contributed by atoms with Crippen molar-refractivity contribution in [3.8, 4) is 0 Å². The van der Waals surface area contributed by atoms with Crippen molar-refractivity contribution in [1.82, 2.24) is 4.98 Å². The average molecular weight is 246 g/mol. The number of aromatic nitrogens is 1. The highest BCUT2D eigenvalue weighted by atomic mass is 19.2. The monoisotopic (exact) mass is 246 g/mol. The van der Waals surface area contributed by atoms with E-state index in [1.54, 1.807) is 4.90 Å². The van der Waals surface area contributed by atoms with Crippen LogP contribution < -0.4 is 4.90 Å². The Bertz CT molecular complexity index is 414. The van der Waals surface area contributed by atoms with Crippen LogP contribution in [0.25, 0.3) is 0 Å². The van der Waals surface area contributed by atoms with Crippen molar-refractivity contribution >= 4 is 5.82 Å². The minimum atomic E-state index is -1.29. The van der Waals surface area contributed by atoms with Crippen molar-refractivity contribution in [3.05, 3.63) is 23.6 Å². The van der Waals surface area contributed by atoms with Crippen molar-refractivity contribution in [2.45, 2.75) is 12.8 Å². The Hall–Kier alpha value is -1.30. The van der Waals surface area contributed by atoms with E-state index in [2.05, 4.69) is 4.98 Å². The van der Waals surface area contributed by atoms with Crippen LogP contribution in [0.3, 0.4) is 0 Å². The molecule has 0 bridgehead atoms. The SMILES string of the molecule is OCCC1CCN(c2nc(F)c(F)cc2F)C1. The second kappa shape index (κ2) is 4.91. The molecule has 1 saturated heterocycles. The van der Waals surface area contributed by atoms with Crippen LogP contribution in [-0.4, -0.2) is 29.8 Å². The molecule has 1 aliphatic heterocycles. The highest BCUT2D eigenvalue weighted by Crippen LogP contribution is 2.26. The van der Waals surface area contributed by atoms with Crippen molar-refractivity contribution in [3.63, 3.8) is 0 Å². The molecule has 0 aromatic carbocycles. The minimum absolute atomic E-state index is 0.0756. The molecular weight excluding hydrogens is 233 g/mol. The normalized spacial score (nSPS) is 20.0. The lowest BCUT2D eigenvalue weighted by Gasteiger charge is -2.18. The maximum atomic E-state index is 13.4. The van der Waals surface area contributed by atoms with E-state index in [0.29, 0.717) is 25.6 Å². The highest BCUT2D eigenvalue weighted by Gasteiger charge is 2.26. The van der Waals surface area contributed by atoms with Crippen molar-refractivity contribution < 1.29 is 18.3 Å². The van der Waals surface area contributed by atoms with Gasteiger partial charge < -0.3 is 10.0 Å². The Kier molecular flexibility index (Phi) is 3.51. The van der Waals surface area contributed by atoms with E-state index in [9.17, 15) is 13.2 Å². The predicted molar refractivity (Wildman–Crippen MR) is 56.1 cm³/mol. The maximum Gasteiger partial charge on any atom is 0.251 e. The number of aliphatic hydroxyl groups excluding tert-OH is 1. The summed E-state index contributed by atoms with van der Waals surface area (Å²) in [5.41, 5.74) is 0. The highest BCUT2D eigenvalue weighted by molar-refractivity contribution is 5.41. The zero-order valence-corrected chi connectivity index (χ0v) is 9.17. The van der Waals surface area contributed by atoms with Gasteiger partial charge in [0.05, 0.1) is 0 Å². The van der Waals surface area contributed by atoms with Gasteiger partial charge in [0.15, 0.2) is 17.5 Å². The van der Waals surface area contributed by atoms with E-state index in [0.717, 1.165) is 6.42 Å². The summed E-state index contributed by atoms with van der Waals surface area (Å²) >= 11 is 0. The van der Waals surface area contributed by atoms with Gasteiger partial charge >= 0.3 is 0 Å². The summed E-state index contributed by atoms with van der Waals surface area (Å²) < 4.78 is 39.1. The Morgan fingerprint density at radius 2 is 2.12 bits per heavy atom. The van der Waals surface area contributed by atoms with E-state index in [4.69, 9.17) is 5.11 Å². The van der Waals surface area contributed by atoms with E-state index < -0.39 is 17.6 Å². The number of pyridine rings is 1. The zero-order valence-electron chi connectivity index (χ0n) is 9.17. The fraction of sp³-hybridized carbons (Fsp3) is 0.545. The number of hydrogen-bond donors (Lipinski definition) is 1. The molecule has 1 aromatic rings. The second-order valence-corrected chi connectivity index (χ2v) is 4.18. The smallest absolute Gasteiger partial charge is 0.251 e. The third-order valence-corrected chi connectivity index (χ3v) is 2.99. The van der Waals surface area contributed by atoms with E-state index in [-0.39, 0.29) is 18.3 Å². The van der Waals surface area contributed by atoms with Crippen LogP contribution in [0.4, 0.5) is 19.0 Å². The molecule has 6 heteroatoms. The molecule has 0 radical (unpaired) electrons. The van der Waals surface area contributed by atoms with E-state index in [1.165, 1.54) is 0 Å². The van der Waals surface area contributed by atoms with Gasteiger partial charge in [-0.25, -0.2) is 8.78 Å². The summed E-state index contributed by atoms with van der Waals surface area (Å²) in [5, 5.41) is 8.80. The molecule has 1 fully saturated rings. The summed E-state index contributed by atoms with van der Waals surface area (Å²) in [6.07, 6.45) is 1.42. The van der Waals surface area contributed by atoms with Crippen LogP contribution in [0.15, 0.2) is 6.07 Å². The van der Waals surface area contributed by atoms with Gasteiger partial charge in [-0.15, -0.1) is 0 Å². The molecule has 1 aromatic heterocycles. The van der Waals surface area contributed by atoms with Gasteiger partial charge in [0.2, 0.25) is 0 Å². The zero-order chi connectivity index (χ0) is 12.4. The number of aliphatic hydroxyl groups is 1. The van der Waals surface area contributed by atoms with E-state index >= 15 is 0 Å². The predicted octanol–water partition coefficient (Wildman–Crippen LogP) is 1.71. The van der Waals surface area contributed by atoms with Crippen molar-refractivity contribution in [1.29, 1.82) is 0 Å². The second-order valence-electron chi connectivity index (χ2n) is 4.18. The lowest BCUT2D eigenvalue weighted by molar-refractivity contribution is 0.263. The molecule has 0 aliphatic carbocycles. The first-order chi connectivity index (χ1) is 8.11. The molecule has 2 heterocycles. The first-order valence-electron chi connectivity index (χ1n) is 5.49. The number of nitrogens with zero attached hydrogens (tertiary/aromatic N) is 2. The van der Waals surface area contributed by atoms with Gasteiger partial charge in [-0.05, 0) is 18.8 Å². The number of halogens is 3. The van der Waals surface area contributed by atoms with Gasteiger partial charge in [0.1, 0.15) is 0 Å². The van der Waals surface area contributed by atoms with Gasteiger partial charge in [0, 0.05) is 25.8 Å². The Morgan fingerprint density at radius 3 is 2.82 bits per heavy atom. The van der Waals surface area contributed by atoms with Crippen molar-refractivity contribution in [2.24, 2.45) is 5.92 Å². The van der Waals surface area contributed by atoms with Gasteiger partial charge in [0.25, 0.3) is 5.95 Å². The van der Waals surface area contributed by atoms with Crippen LogP contribution in [-0.2, 0) is 0 Å². The molecule has 17 heavy (non-hydrogen) atoms. The lowest BCUT2D eigenvalue weighted by Crippen LogP contribution is -2.23. The largest absolute Gasteiger partial charge is 0.396 e. The summed E-state index contributed by atoms with van der Waals surface area (Å²) in [5.74, 6) is -3.32. The van der Waals surface area contributed by atoms with Crippen LogP contribution in [0.2, 0.25) is 0 Å². The maximum absolute atomic E-state index is 13.4. The number of anilines is 1. The summed E-state index contributed by atoms with van der Waals surface area (Å²) in [6.45, 7) is 1.13.